The van der Waals surface area contributed by atoms with Gasteiger partial charge in [0.1, 0.15) is 6.61 Å². The lowest BCUT2D eigenvalue weighted by atomic mass is 9.90. The molecule has 132 valence electrons. The molecule has 0 radical (unpaired) electrons. The van der Waals surface area contributed by atoms with E-state index in [0.29, 0.717) is 18.8 Å². The van der Waals surface area contributed by atoms with Crippen LogP contribution in [0, 0.1) is 0 Å². The molecule has 0 unspecified atom stereocenters. The Kier molecular flexibility index (Phi) is 6.10. The van der Waals surface area contributed by atoms with Gasteiger partial charge in [-0.2, -0.15) is 0 Å². The third kappa shape index (κ3) is 4.71. The Morgan fingerprint density at radius 1 is 1.17 bits per heavy atom. The van der Waals surface area contributed by atoms with Gasteiger partial charge in [-0.25, -0.2) is 4.79 Å². The van der Waals surface area contributed by atoms with Crippen molar-refractivity contribution in [1.29, 1.82) is 0 Å². The molecule has 2 aliphatic rings. The lowest BCUT2D eigenvalue weighted by molar-refractivity contribution is 0.0919. The van der Waals surface area contributed by atoms with Crippen LogP contribution in [0.3, 0.4) is 0 Å². The summed E-state index contributed by atoms with van der Waals surface area (Å²) in [6.07, 6.45) is 5.57. The highest BCUT2D eigenvalue weighted by atomic mass is 16.5. The minimum atomic E-state index is -0.303. The van der Waals surface area contributed by atoms with Gasteiger partial charge in [-0.1, -0.05) is 30.3 Å². The summed E-state index contributed by atoms with van der Waals surface area (Å²) in [5, 5.41) is 3.02. The molecule has 1 aromatic carbocycles. The number of amides is 1. The van der Waals surface area contributed by atoms with Crippen molar-refractivity contribution in [2.24, 2.45) is 0 Å². The largest absolute Gasteiger partial charge is 0.445 e. The van der Waals surface area contributed by atoms with Gasteiger partial charge in [0.25, 0.3) is 0 Å². The van der Waals surface area contributed by atoms with Crippen LogP contribution < -0.4 is 5.32 Å². The van der Waals surface area contributed by atoms with Crippen molar-refractivity contribution in [1.82, 2.24) is 10.2 Å². The molecule has 1 aliphatic carbocycles. The molecule has 1 saturated heterocycles. The number of hydrogen-bond acceptors (Lipinski definition) is 4. The number of carbonyl (C=O) groups excluding carboxylic acids is 1. The van der Waals surface area contributed by atoms with E-state index in [0.717, 1.165) is 50.8 Å². The molecule has 0 bridgehead atoms. The minimum absolute atomic E-state index is 0.241. The number of alkyl carbamates (subject to hydrolysis) is 1. The molecular weight excluding hydrogens is 304 g/mol. The summed E-state index contributed by atoms with van der Waals surface area (Å²) in [6.45, 7) is 2.52. The molecule has 1 aliphatic heterocycles. The first-order chi connectivity index (χ1) is 11.7. The molecule has 1 atom stereocenters. The molecule has 1 amide bonds. The predicted octanol–water partition coefficient (Wildman–Crippen LogP) is 2.94. The molecule has 0 aromatic heterocycles. The van der Waals surface area contributed by atoms with Crippen LogP contribution in [0.15, 0.2) is 30.3 Å². The third-order valence-corrected chi connectivity index (χ3v) is 5.26. The minimum Gasteiger partial charge on any atom is -0.445 e. The van der Waals surface area contributed by atoms with E-state index >= 15 is 0 Å². The van der Waals surface area contributed by atoms with Crippen molar-refractivity contribution in [3.63, 3.8) is 0 Å². The Morgan fingerprint density at radius 2 is 1.92 bits per heavy atom. The Balaban J connectivity index is 1.35. The van der Waals surface area contributed by atoms with E-state index in [1.54, 1.807) is 7.11 Å². The first kappa shape index (κ1) is 17.2. The molecule has 24 heavy (non-hydrogen) atoms. The van der Waals surface area contributed by atoms with E-state index in [4.69, 9.17) is 9.47 Å². The summed E-state index contributed by atoms with van der Waals surface area (Å²) >= 11 is 0. The van der Waals surface area contributed by atoms with Gasteiger partial charge in [0.05, 0.1) is 6.10 Å². The number of benzene rings is 1. The van der Waals surface area contributed by atoms with Crippen molar-refractivity contribution in [2.75, 3.05) is 20.2 Å². The van der Waals surface area contributed by atoms with Gasteiger partial charge < -0.3 is 14.8 Å². The number of nitrogens with zero attached hydrogens (tertiary/aromatic N) is 1. The predicted molar refractivity (Wildman–Crippen MR) is 92.8 cm³/mol. The van der Waals surface area contributed by atoms with Crippen molar-refractivity contribution in [3.8, 4) is 0 Å². The fourth-order valence-electron chi connectivity index (χ4n) is 3.79. The SMILES string of the molecule is CO[C@H]1CCN(C2CCC(NC(=O)OCc3ccccc3)CC2)C1. The smallest absolute Gasteiger partial charge is 0.407 e. The first-order valence-corrected chi connectivity index (χ1v) is 8.98. The number of rotatable bonds is 5. The molecule has 1 aromatic rings. The van der Waals surface area contributed by atoms with Gasteiger partial charge in [-0.05, 0) is 37.7 Å². The standard InChI is InChI=1S/C19H28N2O3/c1-23-18-11-12-21(13-18)17-9-7-16(8-10-17)20-19(22)24-14-15-5-3-2-4-6-15/h2-6,16-18H,7-14H2,1H3,(H,20,22)/t16?,17?,18-/m0/s1. The second-order valence-corrected chi connectivity index (χ2v) is 6.85. The maximum absolute atomic E-state index is 11.9. The summed E-state index contributed by atoms with van der Waals surface area (Å²) in [7, 11) is 1.80. The maximum atomic E-state index is 11.9. The van der Waals surface area contributed by atoms with Crippen molar-refractivity contribution in [3.05, 3.63) is 35.9 Å². The van der Waals surface area contributed by atoms with Crippen LogP contribution in [-0.4, -0.2) is 49.4 Å². The number of likely N-dealkylation sites (tertiary alicyclic amines) is 1. The van der Waals surface area contributed by atoms with Gasteiger partial charge in [0, 0.05) is 32.3 Å². The normalized spacial score (nSPS) is 27.8. The van der Waals surface area contributed by atoms with E-state index in [1.165, 1.54) is 0 Å². The van der Waals surface area contributed by atoms with Crippen LogP contribution in [0.2, 0.25) is 0 Å². The molecule has 1 saturated carbocycles. The highest BCUT2D eigenvalue weighted by Gasteiger charge is 2.31. The van der Waals surface area contributed by atoms with Gasteiger partial charge in [0.2, 0.25) is 0 Å². The maximum Gasteiger partial charge on any atom is 0.407 e. The third-order valence-electron chi connectivity index (χ3n) is 5.26. The fraction of sp³-hybridized carbons (Fsp3) is 0.632. The molecule has 3 rings (SSSR count). The summed E-state index contributed by atoms with van der Waals surface area (Å²) in [5.41, 5.74) is 1.01. The summed E-state index contributed by atoms with van der Waals surface area (Å²) in [5.74, 6) is 0. The zero-order chi connectivity index (χ0) is 16.8. The average Bonchev–Trinajstić information content (AvgIpc) is 3.11. The number of hydrogen-bond donors (Lipinski definition) is 1. The monoisotopic (exact) mass is 332 g/mol. The Labute approximate surface area is 144 Å². The second kappa shape index (κ2) is 8.49. The van der Waals surface area contributed by atoms with E-state index in [9.17, 15) is 4.79 Å². The van der Waals surface area contributed by atoms with Crippen LogP contribution in [0.25, 0.3) is 0 Å². The molecule has 1 heterocycles. The number of methoxy groups -OCH3 is 1. The summed E-state index contributed by atoms with van der Waals surface area (Å²) in [6, 6.07) is 10.7. The number of nitrogens with one attached hydrogen (secondary N) is 1. The summed E-state index contributed by atoms with van der Waals surface area (Å²) in [4.78, 5) is 14.5. The van der Waals surface area contributed by atoms with E-state index in [2.05, 4.69) is 10.2 Å². The van der Waals surface area contributed by atoms with E-state index < -0.39 is 0 Å². The van der Waals surface area contributed by atoms with Crippen molar-refractivity contribution in [2.45, 2.75) is 56.9 Å². The Morgan fingerprint density at radius 3 is 2.58 bits per heavy atom. The molecule has 0 spiro atoms. The first-order valence-electron chi connectivity index (χ1n) is 8.98. The van der Waals surface area contributed by atoms with Crippen LogP contribution >= 0.6 is 0 Å². The van der Waals surface area contributed by atoms with Crippen LogP contribution in [-0.2, 0) is 16.1 Å². The van der Waals surface area contributed by atoms with Crippen molar-refractivity contribution < 1.29 is 14.3 Å². The second-order valence-electron chi connectivity index (χ2n) is 6.85. The molecule has 5 nitrogen and oxygen atoms in total. The average molecular weight is 332 g/mol. The Bertz CT molecular complexity index is 515. The topological polar surface area (TPSA) is 50.8 Å². The van der Waals surface area contributed by atoms with E-state index in [-0.39, 0.29) is 12.1 Å². The fourth-order valence-corrected chi connectivity index (χ4v) is 3.79. The number of ether oxygens (including phenoxy) is 2. The zero-order valence-corrected chi connectivity index (χ0v) is 14.4. The molecule has 2 fully saturated rings. The molecular formula is C19H28N2O3. The Hall–Kier alpha value is -1.59. The zero-order valence-electron chi connectivity index (χ0n) is 14.4. The lowest BCUT2D eigenvalue weighted by Crippen LogP contribution is -2.43. The van der Waals surface area contributed by atoms with Crippen LogP contribution in [0.4, 0.5) is 4.79 Å². The molecule has 1 N–H and O–H groups in total. The lowest BCUT2D eigenvalue weighted by Gasteiger charge is -2.34. The van der Waals surface area contributed by atoms with Gasteiger partial charge in [-0.15, -0.1) is 0 Å². The van der Waals surface area contributed by atoms with E-state index in [1.807, 2.05) is 30.3 Å². The van der Waals surface area contributed by atoms with Gasteiger partial charge in [0.15, 0.2) is 0 Å². The van der Waals surface area contributed by atoms with Crippen LogP contribution in [0.1, 0.15) is 37.7 Å². The summed E-state index contributed by atoms with van der Waals surface area (Å²) < 4.78 is 10.8. The number of carbonyl (C=O) groups is 1. The highest BCUT2D eigenvalue weighted by molar-refractivity contribution is 5.67. The van der Waals surface area contributed by atoms with Gasteiger partial charge >= 0.3 is 6.09 Å². The quantitative estimate of drug-likeness (QED) is 0.901. The molecule has 5 heteroatoms. The van der Waals surface area contributed by atoms with Crippen molar-refractivity contribution >= 4 is 6.09 Å². The van der Waals surface area contributed by atoms with Crippen LogP contribution in [0.5, 0.6) is 0 Å². The highest BCUT2D eigenvalue weighted by Crippen LogP contribution is 2.26. The van der Waals surface area contributed by atoms with Gasteiger partial charge in [-0.3, -0.25) is 4.90 Å².